The molecule has 0 unspecified atom stereocenters. The second-order valence-corrected chi connectivity index (χ2v) is 8.26. The number of pyridine rings is 1. The van der Waals surface area contributed by atoms with E-state index >= 15 is 0 Å². The Kier molecular flexibility index (Phi) is 3.54. The number of rotatable bonds is 1. The first-order chi connectivity index (χ1) is 13.4. The molecule has 0 bridgehead atoms. The Morgan fingerprint density at radius 3 is 2.54 bits per heavy atom. The summed E-state index contributed by atoms with van der Waals surface area (Å²) in [5, 5.41) is 1.36. The predicted octanol–water partition coefficient (Wildman–Crippen LogP) is 4.96. The lowest BCUT2D eigenvalue weighted by molar-refractivity contribution is -0.633. The van der Waals surface area contributed by atoms with Gasteiger partial charge in [-0.05, 0) is 68.5 Å². The number of hydrogen-bond acceptors (Lipinski definition) is 1. The van der Waals surface area contributed by atoms with Crippen LogP contribution in [0.4, 0.5) is 0 Å². The van der Waals surface area contributed by atoms with Gasteiger partial charge in [-0.2, -0.15) is 4.57 Å². The highest BCUT2D eigenvalue weighted by atomic mass is 15.1. The van der Waals surface area contributed by atoms with Crippen LogP contribution < -0.4 is 4.57 Å². The standard InChI is InChI=1S/C25H26N3/c1-14-8-7-9-21-25(14)15(2)10-22(27(21)6)19-11-23-20(18(5)17(19)4)12-24-26-16(3)13-28(23)24/h7-11,13H,12H2,1-6H3/q+1. The fraction of sp³-hybridized carbons (Fsp3) is 0.280. The van der Waals surface area contributed by atoms with Crippen molar-refractivity contribution in [2.24, 2.45) is 7.05 Å². The highest BCUT2D eigenvalue weighted by Crippen LogP contribution is 2.37. The third-order valence-electron chi connectivity index (χ3n) is 6.50. The van der Waals surface area contributed by atoms with Gasteiger partial charge >= 0.3 is 0 Å². The summed E-state index contributed by atoms with van der Waals surface area (Å²) in [6.07, 6.45) is 3.09. The van der Waals surface area contributed by atoms with E-state index in [9.17, 15) is 0 Å². The van der Waals surface area contributed by atoms with Crippen LogP contribution >= 0.6 is 0 Å². The molecule has 140 valence electrons. The quantitative estimate of drug-likeness (QED) is 0.383. The molecule has 0 atom stereocenters. The molecule has 0 aliphatic carbocycles. The molecule has 4 aromatic rings. The van der Waals surface area contributed by atoms with Gasteiger partial charge in [-0.1, -0.05) is 12.1 Å². The number of nitrogens with zero attached hydrogens (tertiary/aromatic N) is 3. The summed E-state index contributed by atoms with van der Waals surface area (Å²) in [7, 11) is 2.19. The topological polar surface area (TPSA) is 21.7 Å². The number of hydrogen-bond donors (Lipinski definition) is 0. The van der Waals surface area contributed by atoms with Gasteiger partial charge in [-0.25, -0.2) is 4.98 Å². The van der Waals surface area contributed by atoms with Crippen LogP contribution in [0.25, 0.3) is 27.8 Å². The second-order valence-electron chi connectivity index (χ2n) is 8.26. The molecule has 2 aromatic heterocycles. The summed E-state index contributed by atoms with van der Waals surface area (Å²) in [4.78, 5) is 4.72. The first kappa shape index (κ1) is 17.2. The molecule has 28 heavy (non-hydrogen) atoms. The molecule has 2 aromatic carbocycles. The van der Waals surface area contributed by atoms with Gasteiger partial charge < -0.3 is 4.57 Å². The van der Waals surface area contributed by atoms with Crippen molar-refractivity contribution in [3.63, 3.8) is 0 Å². The van der Waals surface area contributed by atoms with Gasteiger partial charge in [0.2, 0.25) is 11.2 Å². The number of benzene rings is 2. The van der Waals surface area contributed by atoms with E-state index in [4.69, 9.17) is 4.98 Å². The van der Waals surface area contributed by atoms with E-state index in [0.717, 1.165) is 17.9 Å². The van der Waals surface area contributed by atoms with Crippen molar-refractivity contribution in [1.29, 1.82) is 0 Å². The SMILES string of the molecule is Cc1cn2c(n1)Cc1c-2cc(-c2cc(C)c3c(C)cccc3[n+]2C)c(C)c1C. The van der Waals surface area contributed by atoms with Crippen LogP contribution in [0.2, 0.25) is 0 Å². The largest absolute Gasteiger partial charge is 0.303 e. The van der Waals surface area contributed by atoms with Gasteiger partial charge in [0.25, 0.3) is 0 Å². The van der Waals surface area contributed by atoms with E-state index in [1.807, 2.05) is 0 Å². The lowest BCUT2D eigenvalue weighted by Crippen LogP contribution is -2.33. The van der Waals surface area contributed by atoms with Crippen molar-refractivity contribution < 1.29 is 4.57 Å². The molecule has 0 N–H and O–H groups in total. The zero-order valence-corrected chi connectivity index (χ0v) is 17.5. The Bertz CT molecular complexity index is 1290. The minimum Gasteiger partial charge on any atom is -0.303 e. The minimum atomic E-state index is 0.929. The summed E-state index contributed by atoms with van der Waals surface area (Å²) < 4.78 is 4.62. The number of fused-ring (bicyclic) bond motifs is 4. The average Bonchev–Trinajstić information content (AvgIpc) is 3.17. The fourth-order valence-corrected chi connectivity index (χ4v) is 4.90. The van der Waals surface area contributed by atoms with Crippen LogP contribution in [0.1, 0.15) is 39.3 Å². The molecular weight excluding hydrogens is 342 g/mol. The lowest BCUT2D eigenvalue weighted by Gasteiger charge is -2.15. The monoisotopic (exact) mass is 368 g/mol. The fourth-order valence-electron chi connectivity index (χ4n) is 4.90. The van der Waals surface area contributed by atoms with Gasteiger partial charge in [-0.15, -0.1) is 0 Å². The lowest BCUT2D eigenvalue weighted by atomic mass is 9.92. The molecule has 3 nitrogen and oxygen atoms in total. The molecule has 0 saturated heterocycles. The Morgan fingerprint density at radius 1 is 0.964 bits per heavy atom. The van der Waals surface area contributed by atoms with E-state index in [2.05, 4.69) is 87.3 Å². The summed E-state index contributed by atoms with van der Waals surface area (Å²) in [6, 6.07) is 11.3. The van der Waals surface area contributed by atoms with Gasteiger partial charge in [0.05, 0.1) is 22.3 Å². The molecule has 0 radical (unpaired) electrons. The molecule has 3 heterocycles. The van der Waals surface area contributed by atoms with Crippen LogP contribution in [0.3, 0.4) is 0 Å². The maximum atomic E-state index is 4.72. The van der Waals surface area contributed by atoms with Crippen molar-refractivity contribution in [2.45, 2.75) is 41.0 Å². The summed E-state index contributed by atoms with van der Waals surface area (Å²) >= 11 is 0. The highest BCUT2D eigenvalue weighted by Gasteiger charge is 2.27. The maximum absolute atomic E-state index is 4.72. The highest BCUT2D eigenvalue weighted by molar-refractivity contribution is 5.85. The number of imidazole rings is 1. The van der Waals surface area contributed by atoms with Crippen molar-refractivity contribution in [3.05, 3.63) is 75.9 Å². The zero-order chi connectivity index (χ0) is 19.7. The van der Waals surface area contributed by atoms with E-state index in [1.165, 1.54) is 55.7 Å². The average molecular weight is 369 g/mol. The van der Waals surface area contributed by atoms with Gasteiger partial charge in [0.1, 0.15) is 12.9 Å². The van der Waals surface area contributed by atoms with Crippen molar-refractivity contribution >= 4 is 10.9 Å². The molecule has 0 fully saturated rings. The maximum Gasteiger partial charge on any atom is 0.213 e. The molecule has 0 spiro atoms. The van der Waals surface area contributed by atoms with Gasteiger partial charge in [0, 0.05) is 24.8 Å². The molecule has 1 aliphatic rings. The smallest absolute Gasteiger partial charge is 0.213 e. The first-order valence-corrected chi connectivity index (χ1v) is 9.94. The minimum absolute atomic E-state index is 0.929. The third kappa shape index (κ3) is 2.22. The molecule has 5 rings (SSSR count). The normalized spacial score (nSPS) is 12.5. The van der Waals surface area contributed by atoms with Crippen LogP contribution in [0.15, 0.2) is 36.5 Å². The van der Waals surface area contributed by atoms with Crippen molar-refractivity contribution in [1.82, 2.24) is 9.55 Å². The third-order valence-corrected chi connectivity index (χ3v) is 6.50. The van der Waals surface area contributed by atoms with E-state index in [-0.39, 0.29) is 0 Å². The summed E-state index contributed by atoms with van der Waals surface area (Å²) in [6.45, 7) is 11.0. The van der Waals surface area contributed by atoms with Crippen LogP contribution in [-0.2, 0) is 13.5 Å². The Hall–Kier alpha value is -2.94. The first-order valence-electron chi connectivity index (χ1n) is 9.94. The molecule has 0 amide bonds. The second kappa shape index (κ2) is 5.78. The Balaban J connectivity index is 1.82. The van der Waals surface area contributed by atoms with Gasteiger partial charge in [-0.3, -0.25) is 0 Å². The zero-order valence-electron chi connectivity index (χ0n) is 17.5. The molecule has 0 saturated carbocycles. The van der Waals surface area contributed by atoms with Crippen LogP contribution in [-0.4, -0.2) is 9.55 Å². The van der Waals surface area contributed by atoms with Crippen molar-refractivity contribution in [2.75, 3.05) is 0 Å². The molecule has 1 aliphatic heterocycles. The summed E-state index contributed by atoms with van der Waals surface area (Å²) in [5.41, 5.74) is 13.1. The number of aryl methyl sites for hydroxylation is 4. The Labute approximate surface area is 166 Å². The predicted molar refractivity (Wildman–Crippen MR) is 114 cm³/mol. The Morgan fingerprint density at radius 2 is 1.75 bits per heavy atom. The van der Waals surface area contributed by atoms with Crippen LogP contribution in [0, 0.1) is 34.6 Å². The van der Waals surface area contributed by atoms with E-state index in [0.29, 0.717) is 0 Å². The van der Waals surface area contributed by atoms with E-state index in [1.54, 1.807) is 0 Å². The van der Waals surface area contributed by atoms with Crippen molar-refractivity contribution in [3.8, 4) is 16.9 Å². The molecular formula is C25H26N3+. The van der Waals surface area contributed by atoms with Gasteiger partial charge in [0.15, 0.2) is 0 Å². The molecule has 3 heteroatoms. The van der Waals surface area contributed by atoms with Crippen LogP contribution in [0.5, 0.6) is 0 Å². The van der Waals surface area contributed by atoms with E-state index < -0.39 is 0 Å². The number of aromatic nitrogens is 3. The summed E-state index contributed by atoms with van der Waals surface area (Å²) in [5.74, 6) is 1.15.